The highest BCUT2D eigenvalue weighted by atomic mass is 32.1. The van der Waals surface area contributed by atoms with Crippen molar-refractivity contribution in [3.63, 3.8) is 0 Å². The summed E-state index contributed by atoms with van der Waals surface area (Å²) in [4.78, 5) is 31.6. The molecular weight excluding hydrogens is 326 g/mol. The summed E-state index contributed by atoms with van der Waals surface area (Å²) in [6, 6.07) is 0.502. The zero-order chi connectivity index (χ0) is 17.3. The summed E-state index contributed by atoms with van der Waals surface area (Å²) in [6.45, 7) is 2.44. The molecule has 1 fully saturated rings. The van der Waals surface area contributed by atoms with Crippen LogP contribution in [0, 0.1) is 6.92 Å². The first-order valence-corrected chi connectivity index (χ1v) is 9.02. The molecule has 0 saturated carbocycles. The number of aryl methyl sites for hydroxylation is 1. The smallest absolute Gasteiger partial charge is 0.270 e. The van der Waals surface area contributed by atoms with E-state index in [1.165, 1.54) is 11.3 Å². The van der Waals surface area contributed by atoms with Crippen molar-refractivity contribution in [3.05, 3.63) is 23.0 Å². The Labute approximate surface area is 145 Å². The first kappa shape index (κ1) is 16.9. The molecule has 2 atom stereocenters. The van der Waals surface area contributed by atoms with Gasteiger partial charge in [0.25, 0.3) is 5.91 Å². The monoisotopic (exact) mass is 349 g/mol. The number of nitrogens with one attached hydrogen (secondary N) is 2. The minimum atomic E-state index is -0.0958. The lowest BCUT2D eigenvalue weighted by atomic mass is 10.1. The number of rotatable bonds is 5. The molecule has 2 aromatic rings. The molecule has 2 aromatic heterocycles. The van der Waals surface area contributed by atoms with Crippen LogP contribution in [0.1, 0.15) is 35.4 Å². The van der Waals surface area contributed by atoms with E-state index >= 15 is 0 Å². The topological polar surface area (TPSA) is 78.7 Å². The van der Waals surface area contributed by atoms with Gasteiger partial charge in [0, 0.05) is 43.7 Å². The van der Waals surface area contributed by atoms with Crippen LogP contribution in [0.15, 0.2) is 11.6 Å². The molecule has 0 aliphatic carbocycles. The van der Waals surface area contributed by atoms with Crippen LogP contribution in [-0.4, -0.2) is 58.8 Å². The Morgan fingerprint density at radius 1 is 1.38 bits per heavy atom. The number of likely N-dealkylation sites (N-methyl/N-ethyl adjacent to an activating group) is 1. The molecule has 0 aromatic carbocycles. The molecule has 2 N–H and O–H groups in total. The van der Waals surface area contributed by atoms with E-state index in [0.29, 0.717) is 18.7 Å². The van der Waals surface area contributed by atoms with Crippen LogP contribution < -0.4 is 10.6 Å². The number of aromatic nitrogens is 2. The molecule has 7 nitrogen and oxygen atoms in total. The second-order valence-electron chi connectivity index (χ2n) is 6.24. The van der Waals surface area contributed by atoms with Crippen LogP contribution in [0.5, 0.6) is 0 Å². The summed E-state index contributed by atoms with van der Waals surface area (Å²) >= 11 is 1.52. The van der Waals surface area contributed by atoms with Gasteiger partial charge in [-0.15, -0.1) is 11.3 Å². The molecule has 0 spiro atoms. The number of carbonyl (C=O) groups is 2. The summed E-state index contributed by atoms with van der Waals surface area (Å²) < 4.78 is 1.84. The summed E-state index contributed by atoms with van der Waals surface area (Å²) in [6.07, 6.45) is 4.34. The van der Waals surface area contributed by atoms with E-state index in [1.807, 2.05) is 29.9 Å². The molecule has 3 rings (SSSR count). The quantitative estimate of drug-likeness (QED) is 0.845. The molecule has 1 saturated heterocycles. The van der Waals surface area contributed by atoms with Gasteiger partial charge in [0.1, 0.15) is 5.69 Å². The summed E-state index contributed by atoms with van der Waals surface area (Å²) in [5, 5.41) is 7.63. The highest BCUT2D eigenvalue weighted by molar-refractivity contribution is 7.15. The average molecular weight is 349 g/mol. The lowest BCUT2D eigenvalue weighted by Crippen LogP contribution is -2.42. The second kappa shape index (κ2) is 6.90. The maximum atomic E-state index is 12.6. The van der Waals surface area contributed by atoms with E-state index in [0.717, 1.165) is 23.5 Å². The van der Waals surface area contributed by atoms with Gasteiger partial charge in [0.2, 0.25) is 5.91 Å². The molecule has 0 bridgehead atoms. The Balaban J connectivity index is 1.60. The third kappa shape index (κ3) is 3.16. The highest BCUT2D eigenvalue weighted by Crippen LogP contribution is 2.24. The molecule has 0 radical (unpaired) electrons. The fourth-order valence-corrected chi connectivity index (χ4v) is 4.12. The molecule has 24 heavy (non-hydrogen) atoms. The largest absolute Gasteiger partial charge is 0.359 e. The second-order valence-corrected chi connectivity index (χ2v) is 7.11. The average Bonchev–Trinajstić information content (AvgIpc) is 3.21. The standard InChI is InChI=1S/C16H23N5O2S/c1-10-14(21-6-7-24-16(21)19-10)15(23)18-9-12-5-4-11(20(12)3)8-13(22)17-2/h6-7,11-12H,4-5,8-9H2,1-3H3,(H,17,22)(H,18,23)/t11-,12+/m1/s1. The molecular formula is C16H23N5O2S. The van der Waals surface area contributed by atoms with Gasteiger partial charge in [0.05, 0.1) is 5.69 Å². The number of hydrogen-bond donors (Lipinski definition) is 2. The molecule has 1 aliphatic heterocycles. The Bertz CT molecular complexity index is 753. The summed E-state index contributed by atoms with van der Waals surface area (Å²) in [7, 11) is 3.69. The van der Waals surface area contributed by atoms with E-state index in [9.17, 15) is 9.59 Å². The zero-order valence-electron chi connectivity index (χ0n) is 14.2. The van der Waals surface area contributed by atoms with Gasteiger partial charge < -0.3 is 10.6 Å². The van der Waals surface area contributed by atoms with Crippen molar-refractivity contribution in [1.29, 1.82) is 0 Å². The molecule has 3 heterocycles. The number of carbonyl (C=O) groups excluding carboxylic acids is 2. The van der Waals surface area contributed by atoms with E-state index in [-0.39, 0.29) is 23.9 Å². The van der Waals surface area contributed by atoms with Gasteiger partial charge in [0.15, 0.2) is 4.96 Å². The molecule has 8 heteroatoms. The third-order valence-corrected chi connectivity index (χ3v) is 5.59. The fourth-order valence-electron chi connectivity index (χ4n) is 3.36. The van der Waals surface area contributed by atoms with Gasteiger partial charge in [-0.05, 0) is 26.8 Å². The van der Waals surface area contributed by atoms with Gasteiger partial charge >= 0.3 is 0 Å². The van der Waals surface area contributed by atoms with Crippen LogP contribution in [0.2, 0.25) is 0 Å². The maximum absolute atomic E-state index is 12.6. The number of nitrogens with zero attached hydrogens (tertiary/aromatic N) is 3. The van der Waals surface area contributed by atoms with Crippen molar-refractivity contribution in [2.75, 3.05) is 20.6 Å². The predicted molar refractivity (Wildman–Crippen MR) is 93.4 cm³/mol. The van der Waals surface area contributed by atoms with Crippen LogP contribution in [0.3, 0.4) is 0 Å². The van der Waals surface area contributed by atoms with Gasteiger partial charge in [-0.25, -0.2) is 4.98 Å². The number of thiazole rings is 1. The molecule has 0 unspecified atom stereocenters. The van der Waals surface area contributed by atoms with Crippen molar-refractivity contribution in [1.82, 2.24) is 24.9 Å². The minimum absolute atomic E-state index is 0.0614. The number of likely N-dealkylation sites (tertiary alicyclic amines) is 1. The first-order valence-electron chi connectivity index (χ1n) is 8.14. The van der Waals surface area contributed by atoms with Crippen LogP contribution in [-0.2, 0) is 4.79 Å². The van der Waals surface area contributed by atoms with E-state index in [1.54, 1.807) is 7.05 Å². The highest BCUT2D eigenvalue weighted by Gasteiger charge is 2.32. The van der Waals surface area contributed by atoms with E-state index < -0.39 is 0 Å². The lowest BCUT2D eigenvalue weighted by Gasteiger charge is -2.25. The van der Waals surface area contributed by atoms with Crippen LogP contribution in [0.25, 0.3) is 4.96 Å². The first-order chi connectivity index (χ1) is 11.5. The predicted octanol–water partition coefficient (Wildman–Crippen LogP) is 1.03. The number of hydrogen-bond acceptors (Lipinski definition) is 5. The van der Waals surface area contributed by atoms with Crippen molar-refractivity contribution >= 4 is 28.1 Å². The van der Waals surface area contributed by atoms with Gasteiger partial charge in [-0.1, -0.05) is 0 Å². The normalized spacial score (nSPS) is 21.3. The molecule has 2 amide bonds. The Morgan fingerprint density at radius 2 is 2.12 bits per heavy atom. The van der Waals surface area contributed by atoms with Gasteiger partial charge in [-0.2, -0.15) is 0 Å². The van der Waals surface area contributed by atoms with Crippen molar-refractivity contribution < 1.29 is 9.59 Å². The lowest BCUT2D eigenvalue weighted by molar-refractivity contribution is -0.121. The number of amides is 2. The van der Waals surface area contributed by atoms with E-state index in [4.69, 9.17) is 0 Å². The van der Waals surface area contributed by atoms with Crippen molar-refractivity contribution in [2.45, 2.75) is 38.3 Å². The maximum Gasteiger partial charge on any atom is 0.270 e. The Kier molecular flexibility index (Phi) is 4.86. The SMILES string of the molecule is CNC(=O)C[C@H]1CC[C@@H](CNC(=O)c2c(C)nc3sccn23)N1C. The fraction of sp³-hybridized carbons (Fsp3) is 0.562. The summed E-state index contributed by atoms with van der Waals surface area (Å²) in [5.74, 6) is -0.0344. The number of fused-ring (bicyclic) bond motifs is 1. The Hall–Kier alpha value is -1.93. The van der Waals surface area contributed by atoms with Crippen LogP contribution in [0.4, 0.5) is 0 Å². The molecule has 1 aliphatic rings. The molecule has 130 valence electrons. The zero-order valence-corrected chi connectivity index (χ0v) is 15.0. The van der Waals surface area contributed by atoms with Crippen molar-refractivity contribution in [2.24, 2.45) is 0 Å². The summed E-state index contributed by atoms with van der Waals surface area (Å²) in [5.41, 5.74) is 1.35. The third-order valence-electron chi connectivity index (χ3n) is 4.83. The minimum Gasteiger partial charge on any atom is -0.359 e. The van der Waals surface area contributed by atoms with Crippen LogP contribution >= 0.6 is 11.3 Å². The van der Waals surface area contributed by atoms with E-state index in [2.05, 4.69) is 20.5 Å². The van der Waals surface area contributed by atoms with Gasteiger partial charge in [-0.3, -0.25) is 18.9 Å². The van der Waals surface area contributed by atoms with Crippen molar-refractivity contribution in [3.8, 4) is 0 Å². The Morgan fingerprint density at radius 3 is 2.88 bits per heavy atom. The number of imidazole rings is 1.